The molecule has 0 spiro atoms. The van der Waals surface area contributed by atoms with Crippen molar-refractivity contribution in [2.24, 2.45) is 5.92 Å². The summed E-state index contributed by atoms with van der Waals surface area (Å²) in [5.74, 6) is 1.76. The zero-order valence-corrected chi connectivity index (χ0v) is 15.0. The van der Waals surface area contributed by atoms with Gasteiger partial charge in [0.2, 0.25) is 0 Å². The van der Waals surface area contributed by atoms with E-state index in [2.05, 4.69) is 18.3 Å². The molecule has 1 aliphatic carbocycles. The van der Waals surface area contributed by atoms with Crippen LogP contribution < -0.4 is 10.1 Å². The van der Waals surface area contributed by atoms with Crippen LogP contribution in [0.3, 0.4) is 0 Å². The first kappa shape index (κ1) is 18.3. The Kier molecular flexibility index (Phi) is 6.91. The highest BCUT2D eigenvalue weighted by molar-refractivity contribution is 5.33. The second kappa shape index (κ2) is 8.70. The first-order chi connectivity index (χ1) is 10.9. The van der Waals surface area contributed by atoms with Crippen molar-refractivity contribution in [1.29, 1.82) is 0 Å². The largest absolute Gasteiger partial charge is 0.490 e. The number of ether oxygens (including phenoxy) is 1. The molecule has 3 nitrogen and oxygen atoms in total. The van der Waals surface area contributed by atoms with Crippen LogP contribution in [0.5, 0.6) is 5.75 Å². The van der Waals surface area contributed by atoms with Crippen LogP contribution >= 0.6 is 0 Å². The quantitative estimate of drug-likeness (QED) is 0.751. The zero-order chi connectivity index (χ0) is 16.7. The summed E-state index contributed by atoms with van der Waals surface area (Å²) in [6.45, 7) is 6.94. The van der Waals surface area contributed by atoms with Crippen LogP contribution in [0.25, 0.3) is 0 Å². The van der Waals surface area contributed by atoms with E-state index in [1.54, 1.807) is 13.8 Å². The number of aliphatic hydroxyl groups is 1. The number of para-hydroxylation sites is 1. The van der Waals surface area contributed by atoms with E-state index in [-0.39, 0.29) is 0 Å². The fraction of sp³-hybridized carbons (Fsp3) is 0.700. The Labute approximate surface area is 141 Å². The first-order valence-electron chi connectivity index (χ1n) is 9.10. The standard InChI is InChI=1S/C20H33NO2/c1-16(13-17-9-5-4-6-10-17)21-14-18-11-7-8-12-19(18)23-15-20(2,3)22/h7-8,11-12,16-17,21-22H,4-6,9-10,13-15H2,1-3H3. The molecule has 130 valence electrons. The number of hydrogen-bond acceptors (Lipinski definition) is 3. The molecule has 1 unspecified atom stereocenters. The third-order valence-electron chi connectivity index (χ3n) is 4.61. The van der Waals surface area contributed by atoms with Gasteiger partial charge in [0.15, 0.2) is 0 Å². The molecule has 2 rings (SSSR count). The van der Waals surface area contributed by atoms with Crippen LogP contribution in [0.2, 0.25) is 0 Å². The Morgan fingerprint density at radius 3 is 2.61 bits per heavy atom. The second-order valence-electron chi connectivity index (χ2n) is 7.73. The highest BCUT2D eigenvalue weighted by Gasteiger charge is 2.17. The van der Waals surface area contributed by atoms with E-state index in [4.69, 9.17) is 4.74 Å². The SMILES string of the molecule is CC(CC1CCCCC1)NCc1ccccc1OCC(C)(C)O. The lowest BCUT2D eigenvalue weighted by Gasteiger charge is -2.25. The summed E-state index contributed by atoms with van der Waals surface area (Å²) in [5.41, 5.74) is 0.349. The first-order valence-corrected chi connectivity index (χ1v) is 9.10. The minimum Gasteiger partial charge on any atom is -0.490 e. The van der Waals surface area contributed by atoms with E-state index in [0.29, 0.717) is 12.6 Å². The monoisotopic (exact) mass is 319 g/mol. The lowest BCUT2D eigenvalue weighted by atomic mass is 9.85. The van der Waals surface area contributed by atoms with Gasteiger partial charge < -0.3 is 15.2 Å². The molecule has 0 saturated heterocycles. The third kappa shape index (κ3) is 6.92. The van der Waals surface area contributed by atoms with Crippen LogP contribution in [0, 0.1) is 5.92 Å². The molecule has 0 radical (unpaired) electrons. The zero-order valence-electron chi connectivity index (χ0n) is 15.0. The Morgan fingerprint density at radius 2 is 1.91 bits per heavy atom. The average molecular weight is 319 g/mol. The van der Waals surface area contributed by atoms with E-state index >= 15 is 0 Å². The maximum Gasteiger partial charge on any atom is 0.123 e. The maximum atomic E-state index is 9.83. The molecular weight excluding hydrogens is 286 g/mol. The van der Waals surface area contributed by atoms with Gasteiger partial charge in [-0.05, 0) is 39.2 Å². The van der Waals surface area contributed by atoms with Crippen LogP contribution in [0.4, 0.5) is 0 Å². The summed E-state index contributed by atoms with van der Waals surface area (Å²) < 4.78 is 5.79. The smallest absolute Gasteiger partial charge is 0.123 e. The van der Waals surface area contributed by atoms with Crippen molar-refractivity contribution in [3.63, 3.8) is 0 Å². The van der Waals surface area contributed by atoms with Gasteiger partial charge in [-0.3, -0.25) is 0 Å². The summed E-state index contributed by atoms with van der Waals surface area (Å²) >= 11 is 0. The number of nitrogens with one attached hydrogen (secondary N) is 1. The Bertz CT molecular complexity index is 461. The minimum absolute atomic E-state index is 0.307. The van der Waals surface area contributed by atoms with Crippen molar-refractivity contribution in [2.45, 2.75) is 77.5 Å². The average Bonchev–Trinajstić information content (AvgIpc) is 2.52. The van der Waals surface area contributed by atoms with Gasteiger partial charge in [0.05, 0.1) is 5.60 Å². The van der Waals surface area contributed by atoms with Gasteiger partial charge in [-0.15, -0.1) is 0 Å². The molecule has 2 N–H and O–H groups in total. The van der Waals surface area contributed by atoms with E-state index in [9.17, 15) is 5.11 Å². The highest BCUT2D eigenvalue weighted by atomic mass is 16.5. The third-order valence-corrected chi connectivity index (χ3v) is 4.61. The Hall–Kier alpha value is -1.06. The Morgan fingerprint density at radius 1 is 1.22 bits per heavy atom. The van der Waals surface area contributed by atoms with Crippen molar-refractivity contribution < 1.29 is 9.84 Å². The van der Waals surface area contributed by atoms with Crippen molar-refractivity contribution in [3.8, 4) is 5.75 Å². The van der Waals surface area contributed by atoms with E-state index < -0.39 is 5.60 Å². The minimum atomic E-state index is -0.811. The van der Waals surface area contributed by atoms with Gasteiger partial charge in [0.1, 0.15) is 12.4 Å². The van der Waals surface area contributed by atoms with Crippen LogP contribution in [-0.4, -0.2) is 23.4 Å². The second-order valence-corrected chi connectivity index (χ2v) is 7.73. The summed E-state index contributed by atoms with van der Waals surface area (Å²) in [7, 11) is 0. The molecule has 0 amide bonds. The molecular formula is C20H33NO2. The molecule has 0 heterocycles. The van der Waals surface area contributed by atoms with Gasteiger partial charge in [0, 0.05) is 18.2 Å². The lowest BCUT2D eigenvalue weighted by molar-refractivity contribution is 0.0281. The highest BCUT2D eigenvalue weighted by Crippen LogP contribution is 2.27. The van der Waals surface area contributed by atoms with E-state index in [1.165, 1.54) is 38.5 Å². The number of benzene rings is 1. The summed E-state index contributed by atoms with van der Waals surface area (Å²) in [6, 6.07) is 8.63. The van der Waals surface area contributed by atoms with E-state index in [1.807, 2.05) is 18.2 Å². The number of rotatable bonds is 8. The van der Waals surface area contributed by atoms with Crippen LogP contribution in [0.1, 0.15) is 64.9 Å². The van der Waals surface area contributed by atoms with Crippen molar-refractivity contribution >= 4 is 0 Å². The van der Waals surface area contributed by atoms with Gasteiger partial charge in [-0.1, -0.05) is 50.3 Å². The van der Waals surface area contributed by atoms with Crippen molar-refractivity contribution in [3.05, 3.63) is 29.8 Å². The van der Waals surface area contributed by atoms with Gasteiger partial charge in [-0.2, -0.15) is 0 Å². The molecule has 1 atom stereocenters. The normalized spacial score (nSPS) is 17.9. The predicted molar refractivity (Wildman–Crippen MR) is 95.7 cm³/mol. The molecule has 0 aromatic heterocycles. The van der Waals surface area contributed by atoms with Crippen LogP contribution in [-0.2, 0) is 6.54 Å². The molecule has 3 heteroatoms. The van der Waals surface area contributed by atoms with Crippen molar-refractivity contribution in [2.75, 3.05) is 6.61 Å². The summed E-state index contributed by atoms with van der Waals surface area (Å²) in [6.07, 6.45) is 8.31. The molecule has 0 aliphatic heterocycles. The maximum absolute atomic E-state index is 9.83. The van der Waals surface area contributed by atoms with Gasteiger partial charge >= 0.3 is 0 Å². The molecule has 1 aliphatic rings. The molecule has 1 aromatic carbocycles. The van der Waals surface area contributed by atoms with Gasteiger partial charge in [0.25, 0.3) is 0 Å². The Balaban J connectivity index is 1.82. The lowest BCUT2D eigenvalue weighted by Crippen LogP contribution is -2.30. The predicted octanol–water partition coefficient (Wildman–Crippen LogP) is 4.28. The number of hydrogen-bond donors (Lipinski definition) is 2. The topological polar surface area (TPSA) is 41.5 Å². The van der Waals surface area contributed by atoms with Crippen molar-refractivity contribution in [1.82, 2.24) is 5.32 Å². The molecule has 23 heavy (non-hydrogen) atoms. The summed E-state index contributed by atoms with van der Waals surface area (Å²) in [5, 5.41) is 13.5. The van der Waals surface area contributed by atoms with E-state index in [0.717, 1.165) is 23.8 Å². The summed E-state index contributed by atoms with van der Waals surface area (Å²) in [4.78, 5) is 0. The van der Waals surface area contributed by atoms with Crippen LogP contribution in [0.15, 0.2) is 24.3 Å². The fourth-order valence-corrected chi connectivity index (χ4v) is 3.34. The fourth-order valence-electron chi connectivity index (χ4n) is 3.34. The molecule has 1 saturated carbocycles. The molecule has 1 aromatic rings. The van der Waals surface area contributed by atoms with Gasteiger partial charge in [-0.25, -0.2) is 0 Å². The molecule has 1 fully saturated rings. The molecule has 0 bridgehead atoms.